The van der Waals surface area contributed by atoms with Crippen LogP contribution in [0.25, 0.3) is 0 Å². The van der Waals surface area contributed by atoms with Gasteiger partial charge in [-0.2, -0.15) is 0 Å². The fraction of sp³-hybridized carbons (Fsp3) is 0.133. The standard InChI is InChI=1S/C15H12BrClN2O3/c1-9(11-4-2-3-5-12(11)16)18-15(20)10-6-7-13(17)14(8-10)19(21)22/h2-9H,1H3,(H,18,20). The number of hydrogen-bond acceptors (Lipinski definition) is 3. The van der Waals surface area contributed by atoms with Gasteiger partial charge in [0.15, 0.2) is 0 Å². The molecule has 0 saturated heterocycles. The molecule has 0 aliphatic carbocycles. The number of halogens is 2. The van der Waals surface area contributed by atoms with Gasteiger partial charge in [0, 0.05) is 16.1 Å². The van der Waals surface area contributed by atoms with Gasteiger partial charge in [-0.25, -0.2) is 0 Å². The Morgan fingerprint density at radius 2 is 2.00 bits per heavy atom. The highest BCUT2D eigenvalue weighted by Crippen LogP contribution is 2.26. The lowest BCUT2D eigenvalue weighted by Crippen LogP contribution is -2.26. The number of hydrogen-bond donors (Lipinski definition) is 1. The summed E-state index contributed by atoms with van der Waals surface area (Å²) in [7, 11) is 0. The quantitative estimate of drug-likeness (QED) is 0.624. The molecule has 7 heteroatoms. The maximum Gasteiger partial charge on any atom is 0.288 e. The van der Waals surface area contributed by atoms with Crippen molar-refractivity contribution in [3.05, 3.63) is 73.2 Å². The molecule has 0 aliphatic heterocycles. The molecule has 0 saturated carbocycles. The van der Waals surface area contributed by atoms with Gasteiger partial charge in [-0.15, -0.1) is 0 Å². The second kappa shape index (κ2) is 6.89. The van der Waals surface area contributed by atoms with E-state index < -0.39 is 10.8 Å². The number of carbonyl (C=O) groups is 1. The Morgan fingerprint density at radius 3 is 2.64 bits per heavy atom. The fourth-order valence-electron chi connectivity index (χ4n) is 1.98. The first-order valence-electron chi connectivity index (χ1n) is 6.39. The van der Waals surface area contributed by atoms with E-state index in [0.717, 1.165) is 10.0 Å². The van der Waals surface area contributed by atoms with E-state index in [1.54, 1.807) is 0 Å². The van der Waals surface area contributed by atoms with Gasteiger partial charge < -0.3 is 5.32 Å². The Labute approximate surface area is 140 Å². The van der Waals surface area contributed by atoms with E-state index in [1.807, 2.05) is 31.2 Å². The minimum absolute atomic E-state index is 0.000372. The van der Waals surface area contributed by atoms with Crippen molar-refractivity contribution in [2.75, 3.05) is 0 Å². The van der Waals surface area contributed by atoms with Crippen LogP contribution in [-0.2, 0) is 0 Å². The summed E-state index contributed by atoms with van der Waals surface area (Å²) in [6, 6.07) is 11.2. The molecule has 2 aromatic carbocycles. The Morgan fingerprint density at radius 1 is 1.32 bits per heavy atom. The number of carbonyl (C=O) groups excluding carboxylic acids is 1. The van der Waals surface area contributed by atoms with E-state index in [9.17, 15) is 14.9 Å². The molecule has 22 heavy (non-hydrogen) atoms. The summed E-state index contributed by atoms with van der Waals surface area (Å²) >= 11 is 9.16. The minimum atomic E-state index is -0.615. The minimum Gasteiger partial charge on any atom is -0.345 e. The van der Waals surface area contributed by atoms with Crippen molar-refractivity contribution in [1.82, 2.24) is 5.32 Å². The van der Waals surface area contributed by atoms with Crippen LogP contribution >= 0.6 is 27.5 Å². The van der Waals surface area contributed by atoms with Crippen molar-refractivity contribution in [2.24, 2.45) is 0 Å². The zero-order valence-electron chi connectivity index (χ0n) is 11.5. The van der Waals surface area contributed by atoms with E-state index in [2.05, 4.69) is 21.2 Å². The summed E-state index contributed by atoms with van der Waals surface area (Å²) in [5.41, 5.74) is 0.817. The molecule has 0 aromatic heterocycles. The maximum atomic E-state index is 12.2. The monoisotopic (exact) mass is 382 g/mol. The molecule has 1 unspecified atom stereocenters. The largest absolute Gasteiger partial charge is 0.345 e. The predicted molar refractivity (Wildman–Crippen MR) is 88.1 cm³/mol. The van der Waals surface area contributed by atoms with Crippen LogP contribution in [0.2, 0.25) is 5.02 Å². The Bertz CT molecular complexity index is 736. The number of nitrogens with zero attached hydrogens (tertiary/aromatic N) is 1. The summed E-state index contributed by atoms with van der Waals surface area (Å²) in [6.45, 7) is 1.84. The van der Waals surface area contributed by atoms with Crippen LogP contribution in [0.5, 0.6) is 0 Å². The van der Waals surface area contributed by atoms with Crippen LogP contribution in [0.15, 0.2) is 46.9 Å². The van der Waals surface area contributed by atoms with Crippen LogP contribution in [0.1, 0.15) is 28.9 Å². The van der Waals surface area contributed by atoms with Crippen LogP contribution in [0.4, 0.5) is 5.69 Å². The Hall–Kier alpha value is -1.92. The molecule has 2 rings (SSSR count). The molecule has 0 spiro atoms. The smallest absolute Gasteiger partial charge is 0.288 e. The van der Waals surface area contributed by atoms with Gasteiger partial charge in [-0.1, -0.05) is 45.7 Å². The molecule has 0 heterocycles. The first kappa shape index (κ1) is 16.5. The van der Waals surface area contributed by atoms with Gasteiger partial charge in [0.2, 0.25) is 0 Å². The highest BCUT2D eigenvalue weighted by molar-refractivity contribution is 9.10. The lowest BCUT2D eigenvalue weighted by Gasteiger charge is -2.16. The molecule has 0 fully saturated rings. The van der Waals surface area contributed by atoms with Crippen molar-refractivity contribution in [3.8, 4) is 0 Å². The summed E-state index contributed by atoms with van der Waals surface area (Å²) in [5, 5.41) is 13.7. The summed E-state index contributed by atoms with van der Waals surface area (Å²) in [4.78, 5) is 22.5. The van der Waals surface area contributed by atoms with Crippen molar-refractivity contribution >= 4 is 39.1 Å². The molecule has 0 aliphatic rings. The van der Waals surface area contributed by atoms with Crippen molar-refractivity contribution in [2.45, 2.75) is 13.0 Å². The van der Waals surface area contributed by atoms with Crippen LogP contribution in [0, 0.1) is 10.1 Å². The summed E-state index contributed by atoms with van der Waals surface area (Å²) in [5.74, 6) is -0.400. The second-order valence-corrected chi connectivity index (χ2v) is 5.90. The van der Waals surface area contributed by atoms with Crippen LogP contribution in [-0.4, -0.2) is 10.8 Å². The summed E-state index contributed by atoms with van der Waals surface area (Å²) in [6.07, 6.45) is 0. The molecule has 1 N–H and O–H groups in total. The van der Waals surface area contributed by atoms with Gasteiger partial charge in [0.05, 0.1) is 11.0 Å². The average Bonchev–Trinajstić information content (AvgIpc) is 2.47. The normalized spacial score (nSPS) is 11.8. The lowest BCUT2D eigenvalue weighted by molar-refractivity contribution is -0.384. The Balaban J connectivity index is 2.21. The van der Waals surface area contributed by atoms with Crippen molar-refractivity contribution < 1.29 is 9.72 Å². The van der Waals surface area contributed by atoms with Crippen molar-refractivity contribution in [3.63, 3.8) is 0 Å². The van der Waals surface area contributed by atoms with E-state index in [4.69, 9.17) is 11.6 Å². The number of nitro benzene ring substituents is 1. The van der Waals surface area contributed by atoms with Gasteiger partial charge in [-0.05, 0) is 30.7 Å². The molecule has 5 nitrogen and oxygen atoms in total. The number of benzene rings is 2. The number of amides is 1. The predicted octanol–water partition coefficient (Wildman–Crippen LogP) is 4.50. The third-order valence-corrected chi connectivity index (χ3v) is 4.17. The first-order chi connectivity index (χ1) is 10.4. The highest BCUT2D eigenvalue weighted by atomic mass is 79.9. The van der Waals surface area contributed by atoms with Crippen LogP contribution in [0.3, 0.4) is 0 Å². The zero-order chi connectivity index (χ0) is 16.3. The van der Waals surface area contributed by atoms with E-state index >= 15 is 0 Å². The molecular weight excluding hydrogens is 372 g/mol. The molecule has 1 amide bonds. The molecule has 0 radical (unpaired) electrons. The molecule has 2 aromatic rings. The van der Waals surface area contributed by atoms with Crippen LogP contribution < -0.4 is 5.32 Å². The highest BCUT2D eigenvalue weighted by Gasteiger charge is 2.18. The Kier molecular flexibility index (Phi) is 5.15. The van der Waals surface area contributed by atoms with Gasteiger partial charge in [0.25, 0.3) is 11.6 Å². The van der Waals surface area contributed by atoms with Gasteiger partial charge >= 0.3 is 0 Å². The lowest BCUT2D eigenvalue weighted by atomic mass is 10.1. The molecule has 114 valence electrons. The number of rotatable bonds is 4. The molecular formula is C15H12BrClN2O3. The van der Waals surface area contributed by atoms with Crippen molar-refractivity contribution in [1.29, 1.82) is 0 Å². The summed E-state index contributed by atoms with van der Waals surface area (Å²) < 4.78 is 0.880. The average molecular weight is 384 g/mol. The second-order valence-electron chi connectivity index (χ2n) is 4.64. The first-order valence-corrected chi connectivity index (χ1v) is 7.56. The van der Waals surface area contributed by atoms with E-state index in [1.165, 1.54) is 18.2 Å². The number of nitro groups is 1. The molecule has 0 bridgehead atoms. The van der Waals surface area contributed by atoms with Gasteiger partial charge in [0.1, 0.15) is 5.02 Å². The van der Waals surface area contributed by atoms with E-state index in [-0.39, 0.29) is 22.3 Å². The maximum absolute atomic E-state index is 12.2. The number of nitrogens with one attached hydrogen (secondary N) is 1. The fourth-order valence-corrected chi connectivity index (χ4v) is 2.79. The topological polar surface area (TPSA) is 72.2 Å². The van der Waals surface area contributed by atoms with E-state index in [0.29, 0.717) is 0 Å². The third-order valence-electron chi connectivity index (χ3n) is 3.12. The zero-order valence-corrected chi connectivity index (χ0v) is 13.9. The van der Waals surface area contributed by atoms with Gasteiger partial charge in [-0.3, -0.25) is 14.9 Å². The molecule has 1 atom stereocenters. The SMILES string of the molecule is CC(NC(=O)c1ccc(Cl)c([N+](=O)[O-])c1)c1ccccc1Br. The third kappa shape index (κ3) is 3.64.